The third-order valence-corrected chi connectivity index (χ3v) is 3.62. The minimum absolute atomic E-state index is 0.0897. The van der Waals surface area contributed by atoms with Crippen LogP contribution in [0.25, 0.3) is 0 Å². The van der Waals surface area contributed by atoms with Crippen molar-refractivity contribution in [3.63, 3.8) is 0 Å². The number of anilines is 2. The van der Waals surface area contributed by atoms with E-state index in [2.05, 4.69) is 0 Å². The Morgan fingerprint density at radius 3 is 2.95 bits per heavy atom. The van der Waals surface area contributed by atoms with E-state index >= 15 is 0 Å². The number of nitrogen functional groups attached to an aromatic ring is 1. The molecule has 1 saturated heterocycles. The summed E-state index contributed by atoms with van der Waals surface area (Å²) in [5.41, 5.74) is 6.41. The molecule has 1 aromatic carbocycles. The molecular weight excluding hydrogens is 275 g/mol. The molecule has 1 atom stereocenters. The van der Waals surface area contributed by atoms with Crippen LogP contribution in [0.5, 0.6) is 0 Å². The second kappa shape index (κ2) is 6.76. The smallest absolute Gasteiger partial charge is 0.340 e. The molecule has 0 bridgehead atoms. The number of rotatable bonds is 4. The third-order valence-electron chi connectivity index (χ3n) is 3.62. The van der Waals surface area contributed by atoms with Gasteiger partial charge in [-0.05, 0) is 25.5 Å². The van der Waals surface area contributed by atoms with Gasteiger partial charge in [0, 0.05) is 12.2 Å². The molecule has 1 aliphatic heterocycles. The molecule has 1 heterocycles. The quantitative estimate of drug-likeness (QED) is 0.681. The average Bonchev–Trinajstić information content (AvgIpc) is 2.47. The Hall–Kier alpha value is -1.82. The van der Waals surface area contributed by atoms with Crippen molar-refractivity contribution >= 4 is 17.3 Å². The van der Waals surface area contributed by atoms with Gasteiger partial charge in [-0.15, -0.1) is 0 Å². The van der Waals surface area contributed by atoms with Gasteiger partial charge in [-0.3, -0.25) is 0 Å². The summed E-state index contributed by atoms with van der Waals surface area (Å²) < 4.78 is 24.6. The number of nitrogens with two attached hydrogens (primary N) is 1. The zero-order valence-corrected chi connectivity index (χ0v) is 12.4. The van der Waals surface area contributed by atoms with Gasteiger partial charge in [-0.1, -0.05) is 6.92 Å². The van der Waals surface area contributed by atoms with Crippen molar-refractivity contribution < 1.29 is 18.7 Å². The van der Waals surface area contributed by atoms with Gasteiger partial charge in [-0.2, -0.15) is 0 Å². The lowest BCUT2D eigenvalue weighted by atomic mass is 10.1. The molecule has 1 aromatic rings. The maximum atomic E-state index is 14.3. The van der Waals surface area contributed by atoms with Crippen LogP contribution in [0.4, 0.5) is 15.8 Å². The number of hydrogen-bond acceptors (Lipinski definition) is 5. The molecule has 1 fully saturated rings. The molecule has 1 unspecified atom stereocenters. The van der Waals surface area contributed by atoms with Crippen molar-refractivity contribution in [1.29, 1.82) is 0 Å². The van der Waals surface area contributed by atoms with Gasteiger partial charge in [0.05, 0.1) is 37.1 Å². The van der Waals surface area contributed by atoms with Crippen molar-refractivity contribution in [2.75, 3.05) is 37.0 Å². The summed E-state index contributed by atoms with van der Waals surface area (Å²) in [5.74, 6) is -0.960. The minimum Gasteiger partial charge on any atom is -0.462 e. The van der Waals surface area contributed by atoms with E-state index in [9.17, 15) is 9.18 Å². The topological polar surface area (TPSA) is 64.8 Å². The lowest BCUT2D eigenvalue weighted by Gasteiger charge is -2.37. The van der Waals surface area contributed by atoms with Crippen LogP contribution < -0.4 is 10.6 Å². The van der Waals surface area contributed by atoms with E-state index in [0.29, 0.717) is 25.4 Å². The van der Waals surface area contributed by atoms with Gasteiger partial charge >= 0.3 is 5.97 Å². The number of carbonyl (C=O) groups is 1. The van der Waals surface area contributed by atoms with Gasteiger partial charge in [0.1, 0.15) is 5.82 Å². The van der Waals surface area contributed by atoms with Gasteiger partial charge in [0.15, 0.2) is 0 Å². The van der Waals surface area contributed by atoms with E-state index in [0.717, 1.165) is 6.42 Å². The molecule has 0 aliphatic carbocycles. The minimum atomic E-state index is -0.530. The maximum Gasteiger partial charge on any atom is 0.340 e. The number of esters is 1. The van der Waals surface area contributed by atoms with E-state index < -0.39 is 11.8 Å². The molecule has 21 heavy (non-hydrogen) atoms. The van der Waals surface area contributed by atoms with Crippen molar-refractivity contribution in [3.8, 4) is 0 Å². The van der Waals surface area contributed by atoms with Gasteiger partial charge in [0.25, 0.3) is 0 Å². The summed E-state index contributed by atoms with van der Waals surface area (Å²) in [4.78, 5) is 13.8. The van der Waals surface area contributed by atoms with Crippen LogP contribution in [0, 0.1) is 5.82 Å². The first-order valence-electron chi connectivity index (χ1n) is 7.19. The first-order chi connectivity index (χ1) is 10.1. The molecule has 0 saturated carbocycles. The van der Waals surface area contributed by atoms with Crippen LogP contribution in [0.1, 0.15) is 30.6 Å². The highest BCUT2D eigenvalue weighted by molar-refractivity contribution is 5.96. The number of nitrogens with zero attached hydrogens (tertiary/aromatic N) is 1. The van der Waals surface area contributed by atoms with E-state index in [-0.39, 0.29) is 23.9 Å². The lowest BCUT2D eigenvalue weighted by molar-refractivity contribution is 0.0527. The summed E-state index contributed by atoms with van der Waals surface area (Å²) in [7, 11) is 0. The fourth-order valence-corrected chi connectivity index (χ4v) is 2.49. The van der Waals surface area contributed by atoms with E-state index in [1.807, 2.05) is 11.8 Å². The Labute approximate surface area is 123 Å². The molecular formula is C15H21FN2O3. The molecule has 0 radical (unpaired) electrons. The van der Waals surface area contributed by atoms with Crippen LogP contribution in [0.3, 0.4) is 0 Å². The average molecular weight is 296 g/mol. The van der Waals surface area contributed by atoms with Crippen molar-refractivity contribution in [2.45, 2.75) is 26.3 Å². The highest BCUT2D eigenvalue weighted by atomic mass is 19.1. The number of carbonyl (C=O) groups excluding carboxylic acids is 1. The Bertz CT molecular complexity index is 522. The Balaban J connectivity index is 2.38. The molecule has 2 rings (SSSR count). The van der Waals surface area contributed by atoms with Crippen molar-refractivity contribution in [3.05, 3.63) is 23.5 Å². The number of morpholine rings is 1. The highest BCUT2D eigenvalue weighted by Crippen LogP contribution is 2.29. The SMILES string of the molecule is CCOC(=O)c1cc(N2CCOCC2CC)c(F)cc1N. The fourth-order valence-electron chi connectivity index (χ4n) is 2.49. The zero-order valence-electron chi connectivity index (χ0n) is 12.4. The standard InChI is InChI=1S/C15H21FN2O3/c1-3-10-9-20-6-5-18(10)14-7-11(15(19)21-4-2)13(17)8-12(14)16/h7-8,10H,3-6,9,17H2,1-2H3. The van der Waals surface area contributed by atoms with Crippen LogP contribution in [0.15, 0.2) is 12.1 Å². The Morgan fingerprint density at radius 2 is 2.29 bits per heavy atom. The first kappa shape index (κ1) is 15.6. The summed E-state index contributed by atoms with van der Waals surface area (Å²) >= 11 is 0. The Kier molecular flexibility index (Phi) is 5.01. The molecule has 5 nitrogen and oxygen atoms in total. The molecule has 1 aliphatic rings. The monoisotopic (exact) mass is 296 g/mol. The largest absolute Gasteiger partial charge is 0.462 e. The van der Waals surface area contributed by atoms with Crippen LogP contribution in [0.2, 0.25) is 0 Å². The molecule has 6 heteroatoms. The first-order valence-corrected chi connectivity index (χ1v) is 7.19. The highest BCUT2D eigenvalue weighted by Gasteiger charge is 2.26. The fraction of sp³-hybridized carbons (Fsp3) is 0.533. The van der Waals surface area contributed by atoms with E-state index in [1.165, 1.54) is 12.1 Å². The predicted molar refractivity (Wildman–Crippen MR) is 79.0 cm³/mol. The predicted octanol–water partition coefficient (Wildman–Crippen LogP) is 2.20. The summed E-state index contributed by atoms with van der Waals surface area (Å²) in [5, 5.41) is 0. The number of halogens is 1. The molecule has 0 spiro atoms. The molecule has 0 aromatic heterocycles. The van der Waals surface area contributed by atoms with Crippen molar-refractivity contribution in [1.82, 2.24) is 0 Å². The van der Waals surface area contributed by atoms with Crippen LogP contribution >= 0.6 is 0 Å². The third kappa shape index (κ3) is 3.26. The lowest BCUT2D eigenvalue weighted by Crippen LogP contribution is -2.45. The second-order valence-electron chi connectivity index (χ2n) is 4.94. The number of benzene rings is 1. The maximum absolute atomic E-state index is 14.3. The normalized spacial score (nSPS) is 18.6. The van der Waals surface area contributed by atoms with E-state index in [1.54, 1.807) is 6.92 Å². The summed E-state index contributed by atoms with van der Waals surface area (Å²) in [6.45, 7) is 5.66. The van der Waals surface area contributed by atoms with Gasteiger partial charge in [-0.25, -0.2) is 9.18 Å². The number of ether oxygens (including phenoxy) is 2. The molecule has 2 N–H and O–H groups in total. The Morgan fingerprint density at radius 1 is 1.52 bits per heavy atom. The van der Waals surface area contributed by atoms with Gasteiger partial charge < -0.3 is 20.1 Å². The van der Waals surface area contributed by atoms with Crippen molar-refractivity contribution in [2.24, 2.45) is 0 Å². The second-order valence-corrected chi connectivity index (χ2v) is 4.94. The zero-order chi connectivity index (χ0) is 15.4. The number of hydrogen-bond donors (Lipinski definition) is 1. The van der Waals surface area contributed by atoms with Gasteiger partial charge in [0.2, 0.25) is 0 Å². The van der Waals surface area contributed by atoms with E-state index in [4.69, 9.17) is 15.2 Å². The summed E-state index contributed by atoms with van der Waals surface area (Å²) in [6, 6.07) is 2.76. The van der Waals surface area contributed by atoms with Crippen LogP contribution in [-0.2, 0) is 9.47 Å². The molecule has 116 valence electrons. The van der Waals surface area contributed by atoms with Crippen LogP contribution in [-0.4, -0.2) is 38.4 Å². The molecule has 0 amide bonds. The summed E-state index contributed by atoms with van der Waals surface area (Å²) in [6.07, 6.45) is 0.832.